The smallest absolute Gasteiger partial charge is 0.331 e. The van der Waals surface area contributed by atoms with Gasteiger partial charge < -0.3 is 25.5 Å². The molecule has 0 aliphatic carbocycles. The van der Waals surface area contributed by atoms with E-state index in [4.69, 9.17) is 30.1 Å². The number of rotatable bonds is 5. The first-order chi connectivity index (χ1) is 7.12. The second-order valence-corrected chi connectivity index (χ2v) is 4.32. The molecule has 0 heterocycles. The molecule has 0 bridgehead atoms. The Balaban J connectivity index is 4.75. The molecule has 0 aromatic rings. The first-order valence-corrected chi connectivity index (χ1v) is 5.41. The molecule has 0 aromatic carbocycles. The molecule has 0 unspecified atom stereocenters. The van der Waals surface area contributed by atoms with E-state index in [1.165, 1.54) is 0 Å². The molecule has 9 nitrogen and oxygen atoms in total. The number of aliphatic hydroxyl groups is 5. The predicted octanol–water partition coefficient (Wildman–Crippen LogP) is -4.16. The van der Waals surface area contributed by atoms with Crippen molar-refractivity contribution >= 4 is 15.2 Å². The summed E-state index contributed by atoms with van der Waals surface area (Å²) >= 11 is 0. The van der Waals surface area contributed by atoms with Crippen LogP contribution in [0.3, 0.4) is 0 Å². The molecule has 0 aliphatic rings. The molecule has 0 aliphatic heterocycles. The molecule has 0 aromatic heterocycles. The highest BCUT2D eigenvalue weighted by Crippen LogP contribution is 2.08. The summed E-state index contributed by atoms with van der Waals surface area (Å²) in [6, 6.07) is 0. The van der Waals surface area contributed by atoms with E-state index in [0.29, 0.717) is 0 Å². The van der Waals surface area contributed by atoms with Crippen molar-refractivity contribution in [1.29, 1.82) is 0 Å². The van der Waals surface area contributed by atoms with Gasteiger partial charge >= 0.3 is 15.2 Å². The molecule has 4 atom stereocenters. The summed E-state index contributed by atoms with van der Waals surface area (Å²) in [6.45, 7) is -0.981. The first kappa shape index (κ1) is 15.4. The zero-order chi connectivity index (χ0) is 13.1. The van der Waals surface area contributed by atoms with Gasteiger partial charge in [-0.15, -0.1) is 0 Å². The predicted molar refractivity (Wildman–Crippen MR) is 47.7 cm³/mol. The van der Waals surface area contributed by atoms with Crippen LogP contribution in [0.15, 0.2) is 0 Å². The Morgan fingerprint density at radius 2 is 1.50 bits per heavy atom. The second kappa shape index (κ2) is 5.63. The molecule has 0 rings (SSSR count). The average molecular weight is 260 g/mol. The molecule has 0 radical (unpaired) electrons. The summed E-state index contributed by atoms with van der Waals surface area (Å²) in [6.07, 6.45) is -9.02. The maximum Gasteiger partial charge on any atom is 0.331 e. The van der Waals surface area contributed by atoms with Crippen molar-refractivity contribution < 1.29 is 43.3 Å². The third kappa shape index (κ3) is 3.75. The molecule has 0 amide bonds. The first-order valence-electron chi connectivity index (χ1n) is 3.97. The molecule has 0 saturated carbocycles. The topological polar surface area (TPSA) is 173 Å². The summed E-state index contributed by atoms with van der Waals surface area (Å²) in [5, 5.41) is 42.1. The van der Waals surface area contributed by atoms with Crippen LogP contribution in [0, 0.1) is 0 Å². The molecule has 0 fully saturated rings. The Labute approximate surface area is 90.3 Å². The van der Waals surface area contributed by atoms with Crippen molar-refractivity contribution in [1.82, 2.24) is 0 Å². The fourth-order valence-electron chi connectivity index (χ4n) is 0.814. The minimum Gasteiger partial charge on any atom is -0.394 e. The summed E-state index contributed by atoms with van der Waals surface area (Å²) < 4.78 is 28.8. The second-order valence-electron chi connectivity index (χ2n) is 2.97. The average Bonchev–Trinajstić information content (AvgIpc) is 2.22. The van der Waals surface area contributed by atoms with Gasteiger partial charge in [0.15, 0.2) is 6.10 Å². The Hall–Kier alpha value is -0.620. The van der Waals surface area contributed by atoms with Gasteiger partial charge in [-0.2, -0.15) is 8.42 Å². The zero-order valence-corrected chi connectivity index (χ0v) is 8.65. The van der Waals surface area contributed by atoms with Gasteiger partial charge in [-0.25, -0.2) is 0 Å². The summed E-state index contributed by atoms with van der Waals surface area (Å²) in [4.78, 5) is 10.7. The highest BCUT2D eigenvalue weighted by Gasteiger charge is 2.38. The third-order valence-electron chi connectivity index (χ3n) is 1.75. The van der Waals surface area contributed by atoms with Crippen LogP contribution in [-0.2, 0) is 14.9 Å². The maximum absolute atomic E-state index is 10.7. The van der Waals surface area contributed by atoms with E-state index < -0.39 is 46.3 Å². The van der Waals surface area contributed by atoms with Crippen LogP contribution in [0.2, 0.25) is 0 Å². The Kier molecular flexibility index (Phi) is 5.41. The van der Waals surface area contributed by atoms with Crippen molar-refractivity contribution in [3.63, 3.8) is 0 Å². The van der Waals surface area contributed by atoms with Gasteiger partial charge in [0.25, 0.3) is 0 Å². The number of hydrogen-bond acceptors (Lipinski definition) is 8. The van der Waals surface area contributed by atoms with E-state index in [-0.39, 0.29) is 0 Å². The van der Waals surface area contributed by atoms with Crippen LogP contribution >= 0.6 is 0 Å². The van der Waals surface area contributed by atoms with Crippen LogP contribution in [0.1, 0.15) is 0 Å². The quantitative estimate of drug-likeness (QED) is 0.268. The minimum absolute atomic E-state index is 0.981. The van der Waals surface area contributed by atoms with Crippen LogP contribution in [0.5, 0.6) is 0 Å². The van der Waals surface area contributed by atoms with Gasteiger partial charge in [0.2, 0.25) is 0 Å². The molecule has 0 saturated heterocycles. The molecular formula is C6H12O9S. The summed E-state index contributed by atoms with van der Waals surface area (Å²) in [7, 11) is -5.22. The zero-order valence-electron chi connectivity index (χ0n) is 7.83. The van der Waals surface area contributed by atoms with Crippen LogP contribution < -0.4 is 0 Å². The van der Waals surface area contributed by atoms with Crippen molar-refractivity contribution in [3.8, 4) is 0 Å². The van der Waals surface area contributed by atoms with E-state index in [1.807, 2.05) is 0 Å². The Morgan fingerprint density at radius 3 is 1.81 bits per heavy atom. The maximum atomic E-state index is 10.7. The lowest BCUT2D eigenvalue weighted by Crippen LogP contribution is -2.50. The van der Waals surface area contributed by atoms with E-state index in [1.54, 1.807) is 0 Å². The third-order valence-corrected chi connectivity index (χ3v) is 2.50. The van der Waals surface area contributed by atoms with E-state index >= 15 is 0 Å². The monoisotopic (exact) mass is 260 g/mol. The fraction of sp³-hybridized carbons (Fsp3) is 0.833. The minimum atomic E-state index is -5.22. The highest BCUT2D eigenvalue weighted by molar-refractivity contribution is 8.01. The standard InChI is InChI=1S/C6H12O9S/c7-1-2(8)3(9)4(10)5(11)6(12)16(13,14)15/h2-5,7-11H,1H2,(H,13,14,15)/t2-,3+,4+,5-/m1/s1. The lowest BCUT2D eigenvalue weighted by Gasteiger charge is -2.23. The van der Waals surface area contributed by atoms with Gasteiger partial charge in [0.05, 0.1) is 6.61 Å². The Morgan fingerprint density at radius 1 is 1.06 bits per heavy atom. The largest absolute Gasteiger partial charge is 0.394 e. The lowest BCUT2D eigenvalue weighted by atomic mass is 10.0. The van der Waals surface area contributed by atoms with Crippen LogP contribution in [-0.4, -0.2) is 74.6 Å². The lowest BCUT2D eigenvalue weighted by molar-refractivity contribution is -0.140. The normalized spacial score (nSPS) is 19.9. The van der Waals surface area contributed by atoms with E-state index in [2.05, 4.69) is 0 Å². The van der Waals surface area contributed by atoms with Gasteiger partial charge in [-0.05, 0) is 0 Å². The van der Waals surface area contributed by atoms with Crippen molar-refractivity contribution in [2.24, 2.45) is 0 Å². The molecule has 6 N–H and O–H groups in total. The summed E-state index contributed by atoms with van der Waals surface area (Å²) in [5.41, 5.74) is 0. The van der Waals surface area contributed by atoms with Crippen LogP contribution in [0.4, 0.5) is 0 Å². The molecule has 16 heavy (non-hydrogen) atoms. The van der Waals surface area contributed by atoms with Crippen LogP contribution in [0.25, 0.3) is 0 Å². The van der Waals surface area contributed by atoms with E-state index in [9.17, 15) is 13.2 Å². The summed E-state index contributed by atoms with van der Waals surface area (Å²) in [5.74, 6) is 0. The number of hydrogen-bond donors (Lipinski definition) is 6. The SMILES string of the molecule is O=C([C@H](O)[C@@H](O)[C@@H](O)[C@H](O)CO)S(=O)(=O)O. The van der Waals surface area contributed by atoms with Gasteiger partial charge in [0, 0.05) is 0 Å². The Bertz CT molecular complexity index is 336. The number of aliphatic hydroxyl groups excluding tert-OH is 5. The fourth-order valence-corrected chi connectivity index (χ4v) is 1.26. The van der Waals surface area contributed by atoms with Gasteiger partial charge in [-0.3, -0.25) is 9.35 Å². The molecule has 96 valence electrons. The van der Waals surface area contributed by atoms with E-state index in [0.717, 1.165) is 0 Å². The number of carbonyl (C=O) groups is 1. The van der Waals surface area contributed by atoms with Crippen molar-refractivity contribution in [2.75, 3.05) is 6.61 Å². The van der Waals surface area contributed by atoms with Gasteiger partial charge in [-0.1, -0.05) is 0 Å². The van der Waals surface area contributed by atoms with Crippen molar-refractivity contribution in [3.05, 3.63) is 0 Å². The highest BCUT2D eigenvalue weighted by atomic mass is 32.2. The number of carbonyl (C=O) groups excluding carboxylic acids is 1. The molecule has 10 heteroatoms. The molecule has 0 spiro atoms. The molecular weight excluding hydrogens is 248 g/mol. The van der Waals surface area contributed by atoms with Crippen molar-refractivity contribution in [2.45, 2.75) is 24.4 Å². The van der Waals surface area contributed by atoms with Gasteiger partial charge in [0.1, 0.15) is 18.3 Å².